The van der Waals surface area contributed by atoms with Gasteiger partial charge in [0, 0.05) is 13.0 Å². The zero-order valence-electron chi connectivity index (χ0n) is 11.1. The van der Waals surface area contributed by atoms with Crippen LogP contribution in [0.5, 0.6) is 0 Å². The average Bonchev–Trinajstić information content (AvgIpc) is 2.91. The Bertz CT molecular complexity index is 409. The molecule has 1 saturated carbocycles. The molecule has 1 aromatic carbocycles. The summed E-state index contributed by atoms with van der Waals surface area (Å²) >= 11 is 0. The summed E-state index contributed by atoms with van der Waals surface area (Å²) in [5.41, 5.74) is 8.33. The molecular weight excluding hydrogens is 224 g/mol. The van der Waals surface area contributed by atoms with Crippen LogP contribution in [0.3, 0.4) is 0 Å². The van der Waals surface area contributed by atoms with Gasteiger partial charge < -0.3 is 10.5 Å². The van der Waals surface area contributed by atoms with E-state index in [1.54, 1.807) is 7.11 Å². The van der Waals surface area contributed by atoms with Crippen molar-refractivity contribution < 1.29 is 4.74 Å². The highest BCUT2D eigenvalue weighted by Gasteiger charge is 2.18. The lowest BCUT2D eigenvalue weighted by molar-refractivity contribution is 0.202. The van der Waals surface area contributed by atoms with Crippen LogP contribution in [0.4, 0.5) is 5.69 Å². The number of para-hydroxylation sites is 1. The van der Waals surface area contributed by atoms with Gasteiger partial charge in [0.15, 0.2) is 0 Å². The van der Waals surface area contributed by atoms with Crippen LogP contribution in [-0.4, -0.2) is 19.6 Å². The van der Waals surface area contributed by atoms with Gasteiger partial charge in [-0.05, 0) is 30.9 Å². The van der Waals surface area contributed by atoms with E-state index in [1.807, 2.05) is 18.2 Å². The van der Waals surface area contributed by atoms with Crippen molar-refractivity contribution in [3.8, 4) is 0 Å². The van der Waals surface area contributed by atoms with Gasteiger partial charge in [0.1, 0.15) is 5.84 Å². The molecule has 1 aliphatic carbocycles. The minimum absolute atomic E-state index is 0.487. The third-order valence-corrected chi connectivity index (χ3v) is 3.59. The van der Waals surface area contributed by atoms with Gasteiger partial charge in [0.2, 0.25) is 0 Å². The second-order valence-corrected chi connectivity index (χ2v) is 4.89. The van der Waals surface area contributed by atoms with Gasteiger partial charge in [-0.15, -0.1) is 0 Å². The summed E-state index contributed by atoms with van der Waals surface area (Å²) in [6.07, 6.45) is 5.83. The number of nitrogens with two attached hydrogens (primary N) is 1. The summed E-state index contributed by atoms with van der Waals surface area (Å²) in [4.78, 5) is 4.63. The Morgan fingerprint density at radius 3 is 2.78 bits per heavy atom. The fraction of sp³-hybridized carbons (Fsp3) is 0.533. The molecule has 0 heterocycles. The molecule has 1 fully saturated rings. The molecule has 1 aromatic rings. The first-order valence-corrected chi connectivity index (χ1v) is 6.72. The Kier molecular flexibility index (Phi) is 4.76. The molecule has 0 radical (unpaired) electrons. The van der Waals surface area contributed by atoms with Gasteiger partial charge in [0.05, 0.1) is 12.3 Å². The predicted molar refractivity (Wildman–Crippen MR) is 75.3 cm³/mol. The summed E-state index contributed by atoms with van der Waals surface area (Å²) in [7, 11) is 1.72. The summed E-state index contributed by atoms with van der Waals surface area (Å²) in [5, 5.41) is 0. The van der Waals surface area contributed by atoms with Crippen LogP contribution >= 0.6 is 0 Å². The maximum Gasteiger partial charge on any atom is 0.103 e. The minimum Gasteiger partial charge on any atom is -0.387 e. The molecule has 0 atom stereocenters. The van der Waals surface area contributed by atoms with Crippen molar-refractivity contribution in [3.63, 3.8) is 0 Å². The fourth-order valence-electron chi connectivity index (χ4n) is 2.50. The first-order chi connectivity index (χ1) is 8.81. The van der Waals surface area contributed by atoms with E-state index in [0.29, 0.717) is 5.92 Å². The molecule has 2 rings (SSSR count). The van der Waals surface area contributed by atoms with Gasteiger partial charge in [-0.2, -0.15) is 0 Å². The largest absolute Gasteiger partial charge is 0.387 e. The second-order valence-electron chi connectivity index (χ2n) is 4.89. The Morgan fingerprint density at radius 2 is 2.06 bits per heavy atom. The maximum atomic E-state index is 6.13. The van der Waals surface area contributed by atoms with E-state index in [0.717, 1.165) is 24.6 Å². The highest BCUT2D eigenvalue weighted by molar-refractivity contribution is 5.86. The number of benzene rings is 1. The fourth-order valence-corrected chi connectivity index (χ4v) is 2.50. The zero-order chi connectivity index (χ0) is 12.8. The first kappa shape index (κ1) is 13.1. The molecule has 0 aliphatic heterocycles. The quantitative estimate of drug-likeness (QED) is 0.641. The minimum atomic E-state index is 0.487. The second kappa shape index (κ2) is 6.55. The van der Waals surface area contributed by atoms with E-state index in [-0.39, 0.29) is 0 Å². The molecule has 0 aromatic heterocycles. The van der Waals surface area contributed by atoms with Crippen LogP contribution in [0.25, 0.3) is 0 Å². The first-order valence-electron chi connectivity index (χ1n) is 6.72. The van der Waals surface area contributed by atoms with Crippen LogP contribution < -0.4 is 5.73 Å². The average molecular weight is 246 g/mol. The summed E-state index contributed by atoms with van der Waals surface area (Å²) < 4.78 is 5.13. The van der Waals surface area contributed by atoms with Crippen molar-refractivity contribution in [2.24, 2.45) is 16.6 Å². The van der Waals surface area contributed by atoms with Gasteiger partial charge >= 0.3 is 0 Å². The number of rotatable bonds is 5. The van der Waals surface area contributed by atoms with Crippen LogP contribution in [-0.2, 0) is 11.2 Å². The molecular formula is C15H22N2O. The molecule has 0 spiro atoms. The lowest BCUT2D eigenvalue weighted by Crippen LogP contribution is -2.20. The summed E-state index contributed by atoms with van der Waals surface area (Å²) in [6, 6.07) is 8.18. The summed E-state index contributed by atoms with van der Waals surface area (Å²) in [5.74, 6) is 1.29. The van der Waals surface area contributed by atoms with Gasteiger partial charge in [-0.1, -0.05) is 31.0 Å². The van der Waals surface area contributed by atoms with Crippen molar-refractivity contribution in [1.29, 1.82) is 0 Å². The molecule has 0 saturated heterocycles. The van der Waals surface area contributed by atoms with Crippen molar-refractivity contribution in [3.05, 3.63) is 29.8 Å². The number of nitrogens with zero attached hydrogens (tertiary/aromatic N) is 1. The number of methoxy groups -OCH3 is 1. The van der Waals surface area contributed by atoms with Gasteiger partial charge in [-0.25, -0.2) is 4.99 Å². The van der Waals surface area contributed by atoms with Gasteiger partial charge in [-0.3, -0.25) is 0 Å². The smallest absolute Gasteiger partial charge is 0.103 e. The van der Waals surface area contributed by atoms with Crippen LogP contribution in [0.1, 0.15) is 31.2 Å². The Labute approximate surface area is 109 Å². The third-order valence-electron chi connectivity index (χ3n) is 3.59. The highest BCUT2D eigenvalue weighted by atomic mass is 16.5. The molecule has 2 N–H and O–H groups in total. The Hall–Kier alpha value is -1.35. The number of hydrogen-bond acceptors (Lipinski definition) is 2. The topological polar surface area (TPSA) is 47.6 Å². The SMILES string of the molecule is COCCc1ccccc1N=C(N)C1CCCC1. The van der Waals surface area contributed by atoms with E-state index >= 15 is 0 Å². The molecule has 3 heteroatoms. The van der Waals surface area contributed by atoms with Crippen LogP contribution in [0.2, 0.25) is 0 Å². The molecule has 1 aliphatic rings. The maximum absolute atomic E-state index is 6.13. The van der Waals surface area contributed by atoms with E-state index in [1.165, 1.54) is 31.2 Å². The number of hydrogen-bond donors (Lipinski definition) is 1. The monoisotopic (exact) mass is 246 g/mol. The van der Waals surface area contributed by atoms with Crippen molar-refractivity contribution >= 4 is 11.5 Å². The van der Waals surface area contributed by atoms with E-state index in [2.05, 4.69) is 11.1 Å². The van der Waals surface area contributed by atoms with Crippen LogP contribution in [0.15, 0.2) is 29.3 Å². The molecule has 18 heavy (non-hydrogen) atoms. The zero-order valence-corrected chi connectivity index (χ0v) is 11.1. The van der Waals surface area contributed by atoms with Crippen molar-refractivity contribution in [2.45, 2.75) is 32.1 Å². The molecule has 98 valence electrons. The highest BCUT2D eigenvalue weighted by Crippen LogP contribution is 2.27. The normalized spacial score (nSPS) is 17.3. The third kappa shape index (κ3) is 3.33. The molecule has 0 amide bonds. The molecule has 3 nitrogen and oxygen atoms in total. The predicted octanol–water partition coefficient (Wildman–Crippen LogP) is 3.05. The molecule has 0 bridgehead atoms. The van der Waals surface area contributed by atoms with E-state index < -0.39 is 0 Å². The lowest BCUT2D eigenvalue weighted by atomic mass is 10.1. The standard InChI is InChI=1S/C15H22N2O/c1-18-11-10-12-6-4-5-9-14(12)17-15(16)13-7-2-3-8-13/h4-6,9,13H,2-3,7-8,10-11H2,1H3,(H2,16,17). The van der Waals surface area contributed by atoms with E-state index in [4.69, 9.17) is 10.5 Å². The van der Waals surface area contributed by atoms with Crippen LogP contribution in [0, 0.1) is 5.92 Å². The van der Waals surface area contributed by atoms with E-state index in [9.17, 15) is 0 Å². The van der Waals surface area contributed by atoms with Gasteiger partial charge in [0.25, 0.3) is 0 Å². The lowest BCUT2D eigenvalue weighted by Gasteiger charge is -2.10. The number of ether oxygens (including phenoxy) is 1. The summed E-state index contributed by atoms with van der Waals surface area (Å²) in [6.45, 7) is 0.718. The van der Waals surface area contributed by atoms with Crippen molar-refractivity contribution in [2.75, 3.05) is 13.7 Å². The number of aliphatic imine (C=N–C) groups is 1. The Morgan fingerprint density at radius 1 is 1.33 bits per heavy atom. The molecule has 0 unspecified atom stereocenters. The van der Waals surface area contributed by atoms with Crippen molar-refractivity contribution in [1.82, 2.24) is 0 Å². The Balaban J connectivity index is 2.13. The number of amidine groups is 1.